The fourth-order valence-electron chi connectivity index (χ4n) is 1.02. The van der Waals surface area contributed by atoms with Gasteiger partial charge in [0.05, 0.1) is 0 Å². The van der Waals surface area contributed by atoms with Crippen LogP contribution >= 0.6 is 18.9 Å². The van der Waals surface area contributed by atoms with E-state index >= 15 is 0 Å². The van der Waals surface area contributed by atoms with Crippen LogP contribution in [0.2, 0.25) is 0 Å². The van der Waals surface area contributed by atoms with Crippen molar-refractivity contribution < 1.29 is 18.8 Å². The van der Waals surface area contributed by atoms with Crippen LogP contribution in [0.15, 0.2) is 21.9 Å². The maximum atomic E-state index is 10.8. The Labute approximate surface area is 88.5 Å². The molecule has 0 spiro atoms. The summed E-state index contributed by atoms with van der Waals surface area (Å²) in [4.78, 5) is 21.6. The number of thiazole rings is 1. The van der Waals surface area contributed by atoms with Crippen LogP contribution in [-0.2, 0) is 4.57 Å². The first-order chi connectivity index (χ1) is 6.97. The summed E-state index contributed by atoms with van der Waals surface area (Å²) in [6.45, 7) is 0. The van der Waals surface area contributed by atoms with Gasteiger partial charge in [-0.05, 0) is 12.1 Å². The van der Waals surface area contributed by atoms with Crippen molar-refractivity contribution in [2.45, 2.75) is 0 Å². The van der Waals surface area contributed by atoms with Crippen molar-refractivity contribution in [1.82, 2.24) is 4.98 Å². The summed E-state index contributed by atoms with van der Waals surface area (Å²) in [5.74, 6) is 0.293. The Balaban J connectivity index is 2.40. The normalized spacial score (nSPS) is 11.9. The van der Waals surface area contributed by atoms with E-state index in [1.807, 2.05) is 0 Å². The number of anilines is 1. The number of furan rings is 1. The Hall–Kier alpha value is -1.14. The van der Waals surface area contributed by atoms with Crippen molar-refractivity contribution in [3.8, 4) is 11.5 Å². The Morgan fingerprint density at radius 1 is 1.47 bits per heavy atom. The Morgan fingerprint density at radius 2 is 2.20 bits per heavy atom. The minimum absolute atomic E-state index is 0.293. The zero-order valence-electron chi connectivity index (χ0n) is 7.32. The van der Waals surface area contributed by atoms with E-state index in [1.54, 1.807) is 5.38 Å². The minimum Gasteiger partial charge on any atom is -0.446 e. The minimum atomic E-state index is -4.33. The van der Waals surface area contributed by atoms with Gasteiger partial charge in [0, 0.05) is 5.38 Å². The molecule has 0 saturated heterocycles. The highest BCUT2D eigenvalue weighted by Gasteiger charge is 2.22. The second kappa shape index (κ2) is 3.46. The molecule has 0 unspecified atom stereocenters. The summed E-state index contributed by atoms with van der Waals surface area (Å²) < 4.78 is 15.8. The van der Waals surface area contributed by atoms with Gasteiger partial charge >= 0.3 is 7.60 Å². The lowest BCUT2D eigenvalue weighted by molar-refractivity contribution is 0.377. The molecule has 0 aliphatic carbocycles. The molecule has 0 bridgehead atoms. The van der Waals surface area contributed by atoms with Crippen molar-refractivity contribution >= 4 is 29.6 Å². The summed E-state index contributed by atoms with van der Waals surface area (Å²) >= 11 is 1.23. The van der Waals surface area contributed by atoms with E-state index in [-0.39, 0.29) is 5.50 Å². The quantitative estimate of drug-likeness (QED) is 0.676. The number of nitrogens with two attached hydrogens (primary N) is 1. The number of nitrogens with zero attached hydrogens (tertiary/aromatic N) is 1. The van der Waals surface area contributed by atoms with E-state index in [1.165, 1.54) is 23.5 Å². The number of nitrogen functional groups attached to an aromatic ring is 1. The molecule has 4 N–H and O–H groups in total. The second-order valence-corrected chi connectivity index (χ2v) is 5.17. The fraction of sp³-hybridized carbons (Fsp3) is 0. The van der Waals surface area contributed by atoms with Gasteiger partial charge in [0.25, 0.3) is 0 Å². The average Bonchev–Trinajstić information content (AvgIpc) is 2.69. The molecule has 2 rings (SSSR count). The van der Waals surface area contributed by atoms with E-state index in [0.29, 0.717) is 16.6 Å². The standard InChI is InChI=1S/C7H7N2O4PS/c8-7-9-4(3-15-7)5-1-2-6(13-5)14(10,11)12/h1-3H,(H2,8,9)(H2,10,11,12). The summed E-state index contributed by atoms with van der Waals surface area (Å²) in [5, 5.41) is 2.02. The van der Waals surface area contributed by atoms with Crippen LogP contribution in [0, 0.1) is 0 Å². The maximum absolute atomic E-state index is 10.8. The van der Waals surface area contributed by atoms with Gasteiger partial charge in [0.2, 0.25) is 5.50 Å². The van der Waals surface area contributed by atoms with Gasteiger partial charge < -0.3 is 19.9 Å². The predicted octanol–water partition coefficient (Wildman–Crippen LogP) is 0.788. The molecule has 0 aliphatic heterocycles. The zero-order valence-corrected chi connectivity index (χ0v) is 9.03. The number of rotatable bonds is 2. The number of aromatic nitrogens is 1. The van der Waals surface area contributed by atoms with Crippen LogP contribution in [-0.4, -0.2) is 14.8 Å². The molecular weight excluding hydrogens is 239 g/mol. The van der Waals surface area contributed by atoms with Crippen LogP contribution < -0.4 is 11.2 Å². The van der Waals surface area contributed by atoms with Crippen molar-refractivity contribution in [2.75, 3.05) is 5.73 Å². The van der Waals surface area contributed by atoms with Crippen LogP contribution in [0.3, 0.4) is 0 Å². The first-order valence-corrected chi connectivity index (χ1v) is 6.33. The van der Waals surface area contributed by atoms with Gasteiger partial charge in [-0.25, -0.2) is 4.98 Å². The van der Waals surface area contributed by atoms with E-state index in [0.717, 1.165) is 0 Å². The monoisotopic (exact) mass is 246 g/mol. The third-order valence-corrected chi connectivity index (χ3v) is 3.14. The molecule has 0 atom stereocenters. The lowest BCUT2D eigenvalue weighted by atomic mass is 10.4. The average molecular weight is 246 g/mol. The van der Waals surface area contributed by atoms with Crippen molar-refractivity contribution in [3.63, 3.8) is 0 Å². The van der Waals surface area contributed by atoms with Gasteiger partial charge in [-0.3, -0.25) is 4.57 Å². The SMILES string of the molecule is Nc1nc(-c2ccc(P(=O)(O)O)o2)cs1. The molecule has 0 radical (unpaired) electrons. The third-order valence-electron chi connectivity index (χ3n) is 1.65. The molecular formula is C7H7N2O4PS. The summed E-state index contributed by atoms with van der Waals surface area (Å²) in [6.07, 6.45) is 0. The topological polar surface area (TPSA) is 110 Å². The first kappa shape index (κ1) is 10.4. The van der Waals surface area contributed by atoms with E-state index < -0.39 is 7.60 Å². The van der Waals surface area contributed by atoms with E-state index in [9.17, 15) is 4.57 Å². The van der Waals surface area contributed by atoms with Crippen molar-refractivity contribution in [2.24, 2.45) is 0 Å². The van der Waals surface area contributed by atoms with Crippen molar-refractivity contribution in [3.05, 3.63) is 17.5 Å². The molecule has 6 nitrogen and oxygen atoms in total. The summed E-state index contributed by atoms with van der Waals surface area (Å²) in [5.41, 5.74) is 5.52. The fourth-order valence-corrected chi connectivity index (χ4v) is 2.06. The molecule has 0 amide bonds. The number of hydrogen-bond donors (Lipinski definition) is 3. The Kier molecular flexibility index (Phi) is 2.40. The van der Waals surface area contributed by atoms with E-state index in [4.69, 9.17) is 19.9 Å². The molecule has 2 aromatic heterocycles. The smallest absolute Gasteiger partial charge is 0.391 e. The van der Waals surface area contributed by atoms with Crippen LogP contribution in [0.4, 0.5) is 5.13 Å². The highest BCUT2D eigenvalue weighted by atomic mass is 32.1. The first-order valence-electron chi connectivity index (χ1n) is 3.84. The van der Waals surface area contributed by atoms with Gasteiger partial charge in [-0.2, -0.15) is 0 Å². The van der Waals surface area contributed by atoms with Crippen LogP contribution in [0.25, 0.3) is 11.5 Å². The second-order valence-electron chi connectivity index (χ2n) is 2.75. The van der Waals surface area contributed by atoms with Gasteiger partial charge in [0.15, 0.2) is 10.9 Å². The molecule has 0 aliphatic rings. The maximum Gasteiger partial charge on any atom is 0.391 e. The Bertz CT molecular complexity index is 529. The molecule has 0 saturated carbocycles. The predicted molar refractivity (Wildman–Crippen MR) is 55.9 cm³/mol. The van der Waals surface area contributed by atoms with Gasteiger partial charge in [-0.15, -0.1) is 11.3 Å². The van der Waals surface area contributed by atoms with Crippen LogP contribution in [0.1, 0.15) is 0 Å². The highest BCUT2D eigenvalue weighted by Crippen LogP contribution is 2.35. The molecule has 2 aromatic rings. The third kappa shape index (κ3) is 2.10. The van der Waals surface area contributed by atoms with Crippen molar-refractivity contribution in [1.29, 1.82) is 0 Å². The van der Waals surface area contributed by atoms with E-state index in [2.05, 4.69) is 4.98 Å². The molecule has 2 heterocycles. The lowest BCUT2D eigenvalue weighted by Gasteiger charge is -1.96. The molecule has 0 aromatic carbocycles. The zero-order chi connectivity index (χ0) is 11.1. The summed E-state index contributed by atoms with van der Waals surface area (Å²) in [6, 6.07) is 2.68. The lowest BCUT2D eigenvalue weighted by Crippen LogP contribution is -1.98. The Morgan fingerprint density at radius 3 is 2.67 bits per heavy atom. The number of hydrogen-bond acceptors (Lipinski definition) is 5. The molecule has 0 fully saturated rings. The van der Waals surface area contributed by atoms with Crippen LogP contribution in [0.5, 0.6) is 0 Å². The molecule has 80 valence electrons. The van der Waals surface area contributed by atoms with Gasteiger partial charge in [0.1, 0.15) is 5.69 Å². The largest absolute Gasteiger partial charge is 0.446 e. The molecule has 8 heteroatoms. The molecule has 15 heavy (non-hydrogen) atoms. The highest BCUT2D eigenvalue weighted by molar-refractivity contribution is 7.59. The summed E-state index contributed by atoms with van der Waals surface area (Å²) in [7, 11) is -4.33. The van der Waals surface area contributed by atoms with Gasteiger partial charge in [-0.1, -0.05) is 0 Å².